The number of benzene rings is 1. The number of nitrogens with two attached hydrogens (primary N) is 1. The van der Waals surface area contributed by atoms with E-state index in [1.807, 2.05) is 6.92 Å². The van der Waals surface area contributed by atoms with Crippen molar-refractivity contribution in [2.45, 2.75) is 25.8 Å². The van der Waals surface area contributed by atoms with Crippen molar-refractivity contribution in [2.75, 3.05) is 32.8 Å². The molecule has 1 fully saturated rings. The molecule has 0 unspecified atom stereocenters. The van der Waals surface area contributed by atoms with E-state index in [9.17, 15) is 9.59 Å². The van der Waals surface area contributed by atoms with Gasteiger partial charge in [-0.2, -0.15) is 0 Å². The number of halogens is 1. The SMILES string of the molecule is CCOC(=O)N1CCC([NH2+]CCNC(=O)c2ccc(Cl)cc2)CC1. The van der Waals surface area contributed by atoms with Gasteiger partial charge in [0.2, 0.25) is 0 Å². The Bertz CT molecular complexity index is 543. The van der Waals surface area contributed by atoms with Gasteiger partial charge in [-0.1, -0.05) is 11.6 Å². The molecule has 1 aromatic carbocycles. The molecule has 0 atom stereocenters. The Hall–Kier alpha value is -1.79. The number of nitrogens with zero attached hydrogens (tertiary/aromatic N) is 1. The molecule has 0 saturated carbocycles. The number of amides is 2. The largest absolute Gasteiger partial charge is 0.450 e. The first-order chi connectivity index (χ1) is 11.6. The number of hydrogen-bond donors (Lipinski definition) is 2. The third-order valence-electron chi connectivity index (χ3n) is 4.10. The molecule has 2 rings (SSSR count). The van der Waals surface area contributed by atoms with Crippen LogP contribution in [0.15, 0.2) is 24.3 Å². The van der Waals surface area contributed by atoms with E-state index in [-0.39, 0.29) is 12.0 Å². The van der Waals surface area contributed by atoms with Gasteiger partial charge in [-0.25, -0.2) is 4.79 Å². The van der Waals surface area contributed by atoms with E-state index in [0.29, 0.717) is 29.8 Å². The smallest absolute Gasteiger partial charge is 0.409 e. The molecule has 1 heterocycles. The first kappa shape index (κ1) is 18.5. The number of piperidine rings is 1. The van der Waals surface area contributed by atoms with Gasteiger partial charge in [0, 0.05) is 36.5 Å². The van der Waals surface area contributed by atoms with E-state index in [1.54, 1.807) is 29.2 Å². The third-order valence-corrected chi connectivity index (χ3v) is 4.35. The molecule has 3 N–H and O–H groups in total. The molecule has 6 nitrogen and oxygen atoms in total. The Balaban J connectivity index is 1.61. The second kappa shape index (κ2) is 9.49. The Morgan fingerprint density at radius 3 is 2.58 bits per heavy atom. The maximum Gasteiger partial charge on any atom is 0.409 e. The lowest BCUT2D eigenvalue weighted by atomic mass is 10.1. The van der Waals surface area contributed by atoms with Crippen LogP contribution in [0.3, 0.4) is 0 Å². The van der Waals surface area contributed by atoms with Gasteiger partial charge < -0.3 is 20.3 Å². The van der Waals surface area contributed by atoms with E-state index >= 15 is 0 Å². The lowest BCUT2D eigenvalue weighted by molar-refractivity contribution is -0.690. The summed E-state index contributed by atoms with van der Waals surface area (Å²) in [6, 6.07) is 7.34. The average Bonchev–Trinajstić information content (AvgIpc) is 2.60. The summed E-state index contributed by atoms with van der Waals surface area (Å²) in [5, 5.41) is 5.76. The number of likely N-dealkylation sites (tertiary alicyclic amines) is 1. The zero-order chi connectivity index (χ0) is 17.4. The lowest BCUT2D eigenvalue weighted by Crippen LogP contribution is -2.92. The molecule has 0 aliphatic carbocycles. The lowest BCUT2D eigenvalue weighted by Gasteiger charge is -2.29. The molecule has 0 aromatic heterocycles. The standard InChI is InChI=1S/C17H24ClN3O3/c1-2-24-17(23)21-11-7-15(8-12-21)19-9-10-20-16(22)13-3-5-14(18)6-4-13/h3-6,15,19H,2,7-12H2,1H3,(H,20,22)/p+1. The molecular formula is C17H25ClN3O3+. The number of nitrogens with one attached hydrogen (secondary N) is 1. The molecule has 0 spiro atoms. The minimum atomic E-state index is -0.217. The Labute approximate surface area is 147 Å². The molecule has 132 valence electrons. The van der Waals surface area contributed by atoms with Gasteiger partial charge >= 0.3 is 6.09 Å². The van der Waals surface area contributed by atoms with Gasteiger partial charge in [-0.15, -0.1) is 0 Å². The van der Waals surface area contributed by atoms with E-state index < -0.39 is 0 Å². The molecule has 7 heteroatoms. The Morgan fingerprint density at radius 2 is 1.96 bits per heavy atom. The number of rotatable bonds is 6. The van der Waals surface area contributed by atoms with Crippen molar-refractivity contribution in [3.8, 4) is 0 Å². The van der Waals surface area contributed by atoms with Crippen LogP contribution in [-0.4, -0.2) is 55.7 Å². The predicted molar refractivity (Wildman–Crippen MR) is 92.2 cm³/mol. The third kappa shape index (κ3) is 5.69. The van der Waals surface area contributed by atoms with Crippen LogP contribution in [0.5, 0.6) is 0 Å². The minimum absolute atomic E-state index is 0.0859. The number of carbonyl (C=O) groups excluding carboxylic acids is 2. The number of ether oxygens (including phenoxy) is 1. The molecule has 0 radical (unpaired) electrons. The van der Waals surface area contributed by atoms with E-state index in [1.165, 1.54) is 0 Å². The van der Waals surface area contributed by atoms with Crippen LogP contribution in [0, 0.1) is 0 Å². The summed E-state index contributed by atoms with van der Waals surface area (Å²) >= 11 is 5.81. The number of hydrogen-bond acceptors (Lipinski definition) is 3. The second-order valence-corrected chi connectivity index (χ2v) is 6.25. The highest BCUT2D eigenvalue weighted by atomic mass is 35.5. The predicted octanol–water partition coefficient (Wildman–Crippen LogP) is 1.25. The van der Waals surface area contributed by atoms with Gasteiger partial charge in [-0.05, 0) is 31.2 Å². The van der Waals surface area contributed by atoms with Crippen LogP contribution in [-0.2, 0) is 4.74 Å². The van der Waals surface area contributed by atoms with Crippen molar-refractivity contribution in [1.82, 2.24) is 10.2 Å². The zero-order valence-corrected chi connectivity index (χ0v) is 14.7. The van der Waals surface area contributed by atoms with Crippen LogP contribution in [0.4, 0.5) is 4.79 Å². The molecule has 1 aromatic rings. The fourth-order valence-electron chi connectivity index (χ4n) is 2.74. The van der Waals surface area contributed by atoms with Gasteiger partial charge in [0.1, 0.15) is 0 Å². The fourth-order valence-corrected chi connectivity index (χ4v) is 2.87. The van der Waals surface area contributed by atoms with Crippen molar-refractivity contribution >= 4 is 23.6 Å². The van der Waals surface area contributed by atoms with Crippen LogP contribution >= 0.6 is 11.6 Å². The molecule has 2 amide bonds. The minimum Gasteiger partial charge on any atom is -0.450 e. The van der Waals surface area contributed by atoms with Gasteiger partial charge in [0.25, 0.3) is 5.91 Å². The number of carbonyl (C=O) groups is 2. The molecule has 1 aliphatic rings. The van der Waals surface area contributed by atoms with Gasteiger partial charge in [0.05, 0.1) is 25.7 Å². The van der Waals surface area contributed by atoms with Crippen LogP contribution in [0.2, 0.25) is 5.02 Å². The molecule has 24 heavy (non-hydrogen) atoms. The molecule has 1 saturated heterocycles. The number of quaternary nitrogens is 1. The van der Waals surface area contributed by atoms with Gasteiger partial charge in [-0.3, -0.25) is 4.79 Å². The first-order valence-electron chi connectivity index (χ1n) is 8.39. The maximum atomic E-state index is 12.0. The summed E-state index contributed by atoms with van der Waals surface area (Å²) in [6.07, 6.45) is 1.68. The van der Waals surface area contributed by atoms with Crippen molar-refractivity contribution in [2.24, 2.45) is 0 Å². The van der Waals surface area contributed by atoms with E-state index in [0.717, 1.165) is 32.5 Å². The average molecular weight is 355 g/mol. The summed E-state index contributed by atoms with van der Waals surface area (Å²) in [5.74, 6) is -0.0859. The monoisotopic (exact) mass is 354 g/mol. The fraction of sp³-hybridized carbons (Fsp3) is 0.529. The summed E-state index contributed by atoms with van der Waals surface area (Å²) in [4.78, 5) is 25.4. The Morgan fingerprint density at radius 1 is 1.29 bits per heavy atom. The van der Waals surface area contributed by atoms with Crippen LogP contribution < -0.4 is 10.6 Å². The van der Waals surface area contributed by atoms with E-state index in [2.05, 4.69) is 10.6 Å². The van der Waals surface area contributed by atoms with Crippen molar-refractivity contribution in [1.29, 1.82) is 0 Å². The highest BCUT2D eigenvalue weighted by Crippen LogP contribution is 2.09. The van der Waals surface area contributed by atoms with Crippen molar-refractivity contribution < 1.29 is 19.6 Å². The summed E-state index contributed by atoms with van der Waals surface area (Å²) in [7, 11) is 0. The van der Waals surface area contributed by atoms with Gasteiger partial charge in [0.15, 0.2) is 0 Å². The maximum absolute atomic E-state index is 12.0. The summed E-state index contributed by atoms with van der Waals surface area (Å²) in [6.45, 7) is 5.13. The van der Waals surface area contributed by atoms with Crippen molar-refractivity contribution in [3.63, 3.8) is 0 Å². The second-order valence-electron chi connectivity index (χ2n) is 5.81. The molecular weight excluding hydrogens is 330 g/mol. The topological polar surface area (TPSA) is 75.2 Å². The quantitative estimate of drug-likeness (QED) is 0.755. The summed E-state index contributed by atoms with van der Waals surface area (Å²) in [5.41, 5.74) is 0.613. The highest BCUT2D eigenvalue weighted by molar-refractivity contribution is 6.30. The van der Waals surface area contributed by atoms with Crippen LogP contribution in [0.1, 0.15) is 30.1 Å². The molecule has 1 aliphatic heterocycles. The summed E-state index contributed by atoms with van der Waals surface area (Å²) < 4.78 is 5.01. The van der Waals surface area contributed by atoms with Crippen LogP contribution in [0.25, 0.3) is 0 Å². The highest BCUT2D eigenvalue weighted by Gasteiger charge is 2.25. The molecule has 0 bridgehead atoms. The zero-order valence-electron chi connectivity index (χ0n) is 14.0. The first-order valence-corrected chi connectivity index (χ1v) is 8.76. The van der Waals surface area contributed by atoms with E-state index in [4.69, 9.17) is 16.3 Å². The normalized spacial score (nSPS) is 15.2. The van der Waals surface area contributed by atoms with Crippen molar-refractivity contribution in [3.05, 3.63) is 34.9 Å². The Kier molecular flexibility index (Phi) is 7.34.